The van der Waals surface area contributed by atoms with E-state index in [1.54, 1.807) is 11.2 Å². The van der Waals surface area contributed by atoms with Gasteiger partial charge in [0.2, 0.25) is 6.04 Å². The van der Waals surface area contributed by atoms with Crippen molar-refractivity contribution in [2.45, 2.75) is 44.8 Å². The van der Waals surface area contributed by atoms with Crippen LogP contribution in [0.2, 0.25) is 0 Å². The molecule has 7 heteroatoms. The lowest BCUT2D eigenvalue weighted by Gasteiger charge is -2.33. The average Bonchev–Trinajstić information content (AvgIpc) is 3.02. The molecule has 4 rings (SSSR count). The maximum atomic E-state index is 13.5. The highest BCUT2D eigenvalue weighted by Gasteiger charge is 2.61. The van der Waals surface area contributed by atoms with Gasteiger partial charge in [-0.05, 0) is 23.3 Å². The standard InChI is InChI=1S/C22H22BrN3O3/c1-22(2,3)21(27)20-17(13-8-10-15(23)11-9-13)19(26(28)29)18-16-7-5-4-6-14(16)12-24-25(18)20/h4-12,17-20H,1-3H3/t17-,18+,19-,20+/m0/s1. The van der Waals surface area contributed by atoms with E-state index in [-0.39, 0.29) is 10.7 Å². The van der Waals surface area contributed by atoms with Crippen LogP contribution in [0.1, 0.15) is 49.4 Å². The summed E-state index contributed by atoms with van der Waals surface area (Å²) in [6.45, 7) is 5.55. The number of nitrogens with zero attached hydrogens (tertiary/aromatic N) is 3. The third-order valence-corrected chi connectivity index (χ3v) is 6.28. The summed E-state index contributed by atoms with van der Waals surface area (Å²) in [4.78, 5) is 25.6. The summed E-state index contributed by atoms with van der Waals surface area (Å²) in [6.07, 6.45) is 1.70. The van der Waals surface area contributed by atoms with Crippen LogP contribution in [-0.2, 0) is 4.79 Å². The summed E-state index contributed by atoms with van der Waals surface area (Å²) < 4.78 is 0.886. The molecule has 0 amide bonds. The minimum absolute atomic E-state index is 0.0451. The molecular weight excluding hydrogens is 434 g/mol. The lowest BCUT2D eigenvalue weighted by Crippen LogP contribution is -2.43. The predicted molar refractivity (Wildman–Crippen MR) is 115 cm³/mol. The van der Waals surface area contributed by atoms with Crippen molar-refractivity contribution in [3.8, 4) is 0 Å². The van der Waals surface area contributed by atoms with Crippen molar-refractivity contribution in [1.29, 1.82) is 0 Å². The second-order valence-corrected chi connectivity index (χ2v) is 9.53. The van der Waals surface area contributed by atoms with E-state index in [0.717, 1.165) is 21.2 Å². The number of ketones is 1. The van der Waals surface area contributed by atoms with Gasteiger partial charge in [0.15, 0.2) is 5.78 Å². The lowest BCUT2D eigenvalue weighted by atomic mass is 9.78. The van der Waals surface area contributed by atoms with Gasteiger partial charge in [-0.25, -0.2) is 0 Å². The molecule has 1 fully saturated rings. The Morgan fingerprint density at radius 2 is 1.79 bits per heavy atom. The molecule has 2 aliphatic heterocycles. The second-order valence-electron chi connectivity index (χ2n) is 8.61. The third-order valence-electron chi connectivity index (χ3n) is 5.75. The number of hydrogen-bond acceptors (Lipinski definition) is 5. The van der Waals surface area contributed by atoms with Crippen molar-refractivity contribution >= 4 is 27.9 Å². The monoisotopic (exact) mass is 455 g/mol. The highest BCUT2D eigenvalue weighted by Crippen LogP contribution is 2.50. The van der Waals surface area contributed by atoms with Crippen molar-refractivity contribution in [2.24, 2.45) is 10.5 Å². The van der Waals surface area contributed by atoms with Gasteiger partial charge in [-0.15, -0.1) is 0 Å². The normalized spacial score (nSPS) is 25.4. The zero-order valence-electron chi connectivity index (χ0n) is 16.4. The first-order valence-electron chi connectivity index (χ1n) is 9.54. The van der Waals surface area contributed by atoms with Crippen LogP contribution in [0.15, 0.2) is 58.1 Å². The molecule has 29 heavy (non-hydrogen) atoms. The molecule has 0 saturated carbocycles. The number of carbonyl (C=O) groups excluding carboxylic acids is 1. The number of nitro groups is 1. The van der Waals surface area contributed by atoms with Gasteiger partial charge < -0.3 is 0 Å². The fourth-order valence-corrected chi connectivity index (χ4v) is 4.68. The predicted octanol–water partition coefficient (Wildman–Crippen LogP) is 4.57. The van der Waals surface area contributed by atoms with Crippen LogP contribution in [0.5, 0.6) is 0 Å². The smallest absolute Gasteiger partial charge is 0.248 e. The van der Waals surface area contributed by atoms with Crippen molar-refractivity contribution in [2.75, 3.05) is 0 Å². The van der Waals surface area contributed by atoms with E-state index in [1.807, 2.05) is 69.3 Å². The summed E-state index contributed by atoms with van der Waals surface area (Å²) in [7, 11) is 0. The number of Topliss-reactive ketones (excluding diaryl/α,β-unsaturated/α-hetero) is 1. The number of hydrogen-bond donors (Lipinski definition) is 0. The first-order valence-corrected chi connectivity index (χ1v) is 10.3. The van der Waals surface area contributed by atoms with E-state index in [1.165, 1.54) is 0 Å². The lowest BCUT2D eigenvalue weighted by molar-refractivity contribution is -0.529. The van der Waals surface area contributed by atoms with Crippen LogP contribution in [0.25, 0.3) is 0 Å². The minimum Gasteiger partial charge on any atom is -0.297 e. The molecule has 0 radical (unpaired) electrons. The molecule has 0 N–H and O–H groups in total. The summed E-state index contributed by atoms with van der Waals surface area (Å²) in [6, 6.07) is 12.7. The third kappa shape index (κ3) is 3.27. The Balaban J connectivity index is 1.93. The largest absolute Gasteiger partial charge is 0.297 e. The molecule has 150 valence electrons. The van der Waals surface area contributed by atoms with Crippen molar-refractivity contribution in [3.63, 3.8) is 0 Å². The van der Waals surface area contributed by atoms with Gasteiger partial charge in [-0.3, -0.25) is 19.9 Å². The molecule has 0 aromatic heterocycles. The molecule has 0 spiro atoms. The Bertz CT molecular complexity index is 997. The molecular formula is C22H22BrN3O3. The van der Waals surface area contributed by atoms with Crippen LogP contribution in [0.4, 0.5) is 0 Å². The van der Waals surface area contributed by atoms with E-state index >= 15 is 0 Å². The average molecular weight is 456 g/mol. The summed E-state index contributed by atoms with van der Waals surface area (Å²) in [5.41, 5.74) is 1.83. The number of rotatable bonds is 3. The van der Waals surface area contributed by atoms with Crippen molar-refractivity contribution in [3.05, 3.63) is 79.8 Å². The van der Waals surface area contributed by atoms with Gasteiger partial charge in [-0.2, -0.15) is 5.10 Å². The van der Waals surface area contributed by atoms with Crippen LogP contribution in [-0.4, -0.2) is 34.0 Å². The second kappa shape index (κ2) is 7.06. The zero-order chi connectivity index (χ0) is 20.9. The van der Waals surface area contributed by atoms with Gasteiger partial charge in [0, 0.05) is 20.4 Å². The fraction of sp³-hybridized carbons (Fsp3) is 0.364. The van der Waals surface area contributed by atoms with E-state index in [9.17, 15) is 14.9 Å². The quantitative estimate of drug-likeness (QED) is 0.501. The fourth-order valence-electron chi connectivity index (χ4n) is 4.41. The van der Waals surface area contributed by atoms with Crippen molar-refractivity contribution < 1.29 is 9.72 Å². The van der Waals surface area contributed by atoms with Gasteiger partial charge in [-0.1, -0.05) is 73.1 Å². The Labute approximate surface area is 177 Å². The Kier molecular flexibility index (Phi) is 4.81. The molecule has 0 bridgehead atoms. The highest BCUT2D eigenvalue weighted by atomic mass is 79.9. The molecule has 6 nitrogen and oxygen atoms in total. The maximum absolute atomic E-state index is 13.5. The molecule has 4 atom stereocenters. The Morgan fingerprint density at radius 3 is 2.41 bits per heavy atom. The van der Waals surface area contributed by atoms with E-state index in [0.29, 0.717) is 0 Å². The Hall–Kier alpha value is -2.54. The van der Waals surface area contributed by atoms with Crippen molar-refractivity contribution in [1.82, 2.24) is 5.01 Å². The maximum Gasteiger partial charge on any atom is 0.248 e. The highest BCUT2D eigenvalue weighted by molar-refractivity contribution is 9.10. The molecule has 2 aromatic carbocycles. The summed E-state index contributed by atoms with van der Waals surface area (Å²) in [5, 5.41) is 18.6. The number of halogens is 1. The van der Waals surface area contributed by atoms with E-state index < -0.39 is 29.5 Å². The minimum atomic E-state index is -0.980. The van der Waals surface area contributed by atoms with Gasteiger partial charge in [0.1, 0.15) is 12.1 Å². The molecule has 1 saturated heterocycles. The number of hydrazone groups is 1. The van der Waals surface area contributed by atoms with Crippen LogP contribution < -0.4 is 0 Å². The topological polar surface area (TPSA) is 75.8 Å². The van der Waals surface area contributed by atoms with Crippen LogP contribution >= 0.6 is 15.9 Å². The molecule has 2 aliphatic rings. The molecule has 2 aromatic rings. The number of carbonyl (C=O) groups is 1. The first kappa shape index (κ1) is 19.8. The molecule has 0 unspecified atom stereocenters. The van der Waals surface area contributed by atoms with Gasteiger partial charge >= 0.3 is 0 Å². The van der Waals surface area contributed by atoms with E-state index in [4.69, 9.17) is 0 Å². The van der Waals surface area contributed by atoms with Gasteiger partial charge in [0.25, 0.3) is 0 Å². The SMILES string of the molecule is CC(C)(C)C(=O)[C@H]1[C@@H](c2ccc(Br)cc2)[C@H]([N+](=O)[O-])[C@H]2c3ccccc3C=NN21. The summed E-state index contributed by atoms with van der Waals surface area (Å²) in [5.74, 6) is -0.644. The first-order chi connectivity index (χ1) is 13.7. The molecule has 0 aliphatic carbocycles. The van der Waals surface area contributed by atoms with Gasteiger partial charge in [0.05, 0.1) is 12.1 Å². The van der Waals surface area contributed by atoms with Crippen LogP contribution in [0, 0.1) is 15.5 Å². The van der Waals surface area contributed by atoms with Crippen LogP contribution in [0.3, 0.4) is 0 Å². The number of fused-ring (bicyclic) bond motifs is 3. The Morgan fingerprint density at radius 1 is 1.14 bits per heavy atom. The number of benzene rings is 2. The zero-order valence-corrected chi connectivity index (χ0v) is 18.0. The summed E-state index contributed by atoms with van der Waals surface area (Å²) >= 11 is 3.42. The molecule has 2 heterocycles. The van der Waals surface area contributed by atoms with E-state index in [2.05, 4.69) is 21.0 Å².